The van der Waals surface area contributed by atoms with Crippen LogP contribution in [0.25, 0.3) is 0 Å². The fourth-order valence-electron chi connectivity index (χ4n) is 2.71. The summed E-state index contributed by atoms with van der Waals surface area (Å²) in [6.07, 6.45) is 2.00. The van der Waals surface area contributed by atoms with E-state index >= 15 is 0 Å². The first-order valence-electron chi connectivity index (χ1n) is 7.38. The molecule has 1 atom stereocenters. The van der Waals surface area contributed by atoms with Crippen molar-refractivity contribution in [3.05, 3.63) is 29.8 Å². The molecule has 1 amide bonds. The van der Waals surface area contributed by atoms with E-state index in [9.17, 15) is 4.79 Å². The van der Waals surface area contributed by atoms with Crippen molar-refractivity contribution in [2.24, 2.45) is 5.92 Å². The zero-order valence-corrected chi connectivity index (χ0v) is 11.9. The molecule has 20 heavy (non-hydrogen) atoms. The number of aryl methyl sites for hydroxylation is 1. The van der Waals surface area contributed by atoms with Gasteiger partial charge < -0.3 is 14.4 Å². The second kappa shape index (κ2) is 5.83. The maximum atomic E-state index is 12.1. The van der Waals surface area contributed by atoms with E-state index in [2.05, 4.69) is 19.1 Å². The molecule has 2 heterocycles. The van der Waals surface area contributed by atoms with Gasteiger partial charge in [0.05, 0.1) is 25.6 Å². The highest BCUT2D eigenvalue weighted by Crippen LogP contribution is 2.23. The van der Waals surface area contributed by atoms with Gasteiger partial charge in [-0.3, -0.25) is 4.79 Å². The molecule has 1 aromatic carbocycles. The van der Waals surface area contributed by atoms with E-state index in [-0.39, 0.29) is 17.9 Å². The number of hydrogen-bond acceptors (Lipinski definition) is 3. The number of nitrogens with zero attached hydrogens (tertiary/aromatic N) is 1. The zero-order chi connectivity index (χ0) is 13.9. The molecule has 2 saturated heterocycles. The molecule has 0 bridgehead atoms. The molecule has 0 radical (unpaired) electrons. The van der Waals surface area contributed by atoms with Crippen LogP contribution >= 0.6 is 0 Å². The van der Waals surface area contributed by atoms with Gasteiger partial charge in [0, 0.05) is 6.61 Å². The van der Waals surface area contributed by atoms with Crippen molar-refractivity contribution in [3.8, 4) is 5.75 Å². The summed E-state index contributed by atoms with van der Waals surface area (Å²) in [5, 5.41) is 0. The Kier molecular flexibility index (Phi) is 3.92. The fourth-order valence-corrected chi connectivity index (χ4v) is 2.71. The van der Waals surface area contributed by atoms with Gasteiger partial charge in [-0.05, 0) is 30.5 Å². The second-order valence-corrected chi connectivity index (χ2v) is 5.54. The van der Waals surface area contributed by atoms with Crippen LogP contribution < -0.4 is 4.74 Å². The molecule has 2 fully saturated rings. The number of rotatable bonds is 4. The van der Waals surface area contributed by atoms with Gasteiger partial charge in [0.2, 0.25) is 5.91 Å². The first-order chi connectivity index (χ1) is 9.76. The largest absolute Gasteiger partial charge is 0.487 e. The van der Waals surface area contributed by atoms with E-state index in [0.29, 0.717) is 26.3 Å². The SMILES string of the molecule is CCc1cccc(OC2CN(C(=O)[C@H]3CCOC3)C2)c1. The summed E-state index contributed by atoms with van der Waals surface area (Å²) >= 11 is 0. The molecule has 0 aromatic heterocycles. The quantitative estimate of drug-likeness (QED) is 0.842. The van der Waals surface area contributed by atoms with Crippen molar-refractivity contribution in [1.29, 1.82) is 0 Å². The van der Waals surface area contributed by atoms with Crippen molar-refractivity contribution < 1.29 is 14.3 Å². The van der Waals surface area contributed by atoms with Crippen molar-refractivity contribution >= 4 is 5.91 Å². The molecule has 0 saturated carbocycles. The predicted molar refractivity (Wildman–Crippen MR) is 75.7 cm³/mol. The van der Waals surface area contributed by atoms with Gasteiger partial charge >= 0.3 is 0 Å². The first kappa shape index (κ1) is 13.4. The molecule has 0 N–H and O–H groups in total. The molecule has 0 spiro atoms. The van der Waals surface area contributed by atoms with Crippen LogP contribution in [0.3, 0.4) is 0 Å². The van der Waals surface area contributed by atoms with Gasteiger partial charge in [-0.2, -0.15) is 0 Å². The van der Waals surface area contributed by atoms with Gasteiger partial charge in [-0.15, -0.1) is 0 Å². The lowest BCUT2D eigenvalue weighted by Crippen LogP contribution is -2.57. The highest BCUT2D eigenvalue weighted by molar-refractivity contribution is 5.80. The minimum absolute atomic E-state index is 0.0689. The monoisotopic (exact) mass is 275 g/mol. The van der Waals surface area contributed by atoms with Gasteiger partial charge in [-0.1, -0.05) is 19.1 Å². The molecule has 2 aliphatic rings. The highest BCUT2D eigenvalue weighted by atomic mass is 16.5. The number of carbonyl (C=O) groups is 1. The Morgan fingerprint density at radius 3 is 3.00 bits per heavy atom. The summed E-state index contributed by atoms with van der Waals surface area (Å²) in [6, 6.07) is 8.18. The summed E-state index contributed by atoms with van der Waals surface area (Å²) in [5.74, 6) is 1.20. The third-order valence-electron chi connectivity index (χ3n) is 4.05. The molecule has 1 aromatic rings. The van der Waals surface area contributed by atoms with E-state index in [1.54, 1.807) is 0 Å². The van der Waals surface area contributed by atoms with Crippen LogP contribution in [0.2, 0.25) is 0 Å². The highest BCUT2D eigenvalue weighted by Gasteiger charge is 2.36. The Morgan fingerprint density at radius 1 is 1.45 bits per heavy atom. The minimum atomic E-state index is 0.0689. The van der Waals surface area contributed by atoms with Crippen molar-refractivity contribution in [3.63, 3.8) is 0 Å². The minimum Gasteiger partial charge on any atom is -0.487 e. The Morgan fingerprint density at radius 2 is 2.30 bits per heavy atom. The molecule has 0 aliphatic carbocycles. The smallest absolute Gasteiger partial charge is 0.228 e. The lowest BCUT2D eigenvalue weighted by Gasteiger charge is -2.40. The summed E-state index contributed by atoms with van der Waals surface area (Å²) in [4.78, 5) is 14.0. The molecule has 0 unspecified atom stereocenters. The second-order valence-electron chi connectivity index (χ2n) is 5.54. The summed E-state index contributed by atoms with van der Waals surface area (Å²) in [5.41, 5.74) is 1.28. The Balaban J connectivity index is 1.49. The third-order valence-corrected chi connectivity index (χ3v) is 4.05. The van der Waals surface area contributed by atoms with E-state index in [1.165, 1.54) is 5.56 Å². The normalized spacial score (nSPS) is 22.6. The standard InChI is InChI=1S/C16H21NO3/c1-2-12-4-3-5-14(8-12)20-15-9-17(10-15)16(18)13-6-7-19-11-13/h3-5,8,13,15H,2,6-7,9-11H2,1H3/t13-/m0/s1. The van der Waals surface area contributed by atoms with E-state index in [0.717, 1.165) is 18.6 Å². The van der Waals surface area contributed by atoms with Crippen LogP contribution in [-0.4, -0.2) is 43.2 Å². The number of amides is 1. The zero-order valence-electron chi connectivity index (χ0n) is 11.9. The lowest BCUT2D eigenvalue weighted by atomic mass is 10.0. The number of carbonyl (C=O) groups excluding carboxylic acids is 1. The van der Waals surface area contributed by atoms with Crippen LogP contribution in [0.4, 0.5) is 0 Å². The number of likely N-dealkylation sites (tertiary alicyclic amines) is 1. The van der Waals surface area contributed by atoms with Crippen LogP contribution in [0.1, 0.15) is 18.9 Å². The molecular formula is C16H21NO3. The molecule has 108 valence electrons. The summed E-state index contributed by atoms with van der Waals surface area (Å²) in [7, 11) is 0. The maximum absolute atomic E-state index is 12.1. The van der Waals surface area contributed by atoms with E-state index < -0.39 is 0 Å². The van der Waals surface area contributed by atoms with Crippen LogP contribution in [-0.2, 0) is 16.0 Å². The molecule has 4 nitrogen and oxygen atoms in total. The first-order valence-corrected chi connectivity index (χ1v) is 7.38. The van der Waals surface area contributed by atoms with Crippen LogP contribution in [0.15, 0.2) is 24.3 Å². The molecule has 4 heteroatoms. The average molecular weight is 275 g/mol. The Bertz CT molecular complexity index is 476. The Hall–Kier alpha value is -1.55. The summed E-state index contributed by atoms with van der Waals surface area (Å²) < 4.78 is 11.2. The third kappa shape index (κ3) is 2.80. The fraction of sp³-hybridized carbons (Fsp3) is 0.562. The lowest BCUT2D eigenvalue weighted by molar-refractivity contribution is -0.144. The predicted octanol–water partition coefficient (Wildman–Crippen LogP) is 1.88. The van der Waals surface area contributed by atoms with Crippen LogP contribution in [0.5, 0.6) is 5.75 Å². The van der Waals surface area contributed by atoms with E-state index in [4.69, 9.17) is 9.47 Å². The van der Waals surface area contributed by atoms with Crippen molar-refractivity contribution in [2.45, 2.75) is 25.9 Å². The van der Waals surface area contributed by atoms with Crippen LogP contribution in [0, 0.1) is 5.92 Å². The molecular weight excluding hydrogens is 254 g/mol. The van der Waals surface area contributed by atoms with Gasteiger partial charge in [0.15, 0.2) is 0 Å². The van der Waals surface area contributed by atoms with E-state index in [1.807, 2.05) is 17.0 Å². The molecule has 2 aliphatic heterocycles. The topological polar surface area (TPSA) is 38.8 Å². The number of hydrogen-bond donors (Lipinski definition) is 0. The van der Waals surface area contributed by atoms with Crippen molar-refractivity contribution in [1.82, 2.24) is 4.90 Å². The van der Waals surface area contributed by atoms with Gasteiger partial charge in [0.25, 0.3) is 0 Å². The van der Waals surface area contributed by atoms with Crippen molar-refractivity contribution in [2.75, 3.05) is 26.3 Å². The average Bonchev–Trinajstić information content (AvgIpc) is 2.96. The summed E-state index contributed by atoms with van der Waals surface area (Å²) in [6.45, 7) is 4.83. The number of benzene rings is 1. The molecule has 3 rings (SSSR count). The van der Waals surface area contributed by atoms with Gasteiger partial charge in [-0.25, -0.2) is 0 Å². The maximum Gasteiger partial charge on any atom is 0.228 e. The Labute approximate surface area is 119 Å². The number of ether oxygens (including phenoxy) is 2. The van der Waals surface area contributed by atoms with Gasteiger partial charge in [0.1, 0.15) is 11.9 Å².